The summed E-state index contributed by atoms with van der Waals surface area (Å²) in [5.74, 6) is 0.188. The third-order valence-electron chi connectivity index (χ3n) is 7.76. The van der Waals surface area contributed by atoms with Crippen LogP contribution in [0.15, 0.2) is 103 Å². The van der Waals surface area contributed by atoms with Crippen LogP contribution in [0.2, 0.25) is 0 Å². The molecular formula is C35H31Br2N3O4S. The number of benzene rings is 3. The molecule has 0 amide bonds. The van der Waals surface area contributed by atoms with E-state index in [2.05, 4.69) is 66.9 Å². The number of hydrogen-bond donors (Lipinski definition) is 0. The number of esters is 1. The van der Waals surface area contributed by atoms with E-state index < -0.39 is 12.0 Å². The van der Waals surface area contributed by atoms with Gasteiger partial charge in [-0.3, -0.25) is 9.36 Å². The van der Waals surface area contributed by atoms with E-state index in [0.717, 1.165) is 37.4 Å². The number of rotatable bonds is 9. The van der Waals surface area contributed by atoms with Crippen LogP contribution in [0.4, 0.5) is 0 Å². The Hall–Kier alpha value is -3.73. The molecule has 0 N–H and O–H groups in total. The van der Waals surface area contributed by atoms with Gasteiger partial charge in [0.1, 0.15) is 5.75 Å². The smallest absolute Gasteiger partial charge is 0.338 e. The maximum Gasteiger partial charge on any atom is 0.338 e. The first-order chi connectivity index (χ1) is 21.8. The second-order valence-electron chi connectivity index (χ2n) is 10.7. The molecule has 10 heteroatoms. The Kier molecular flexibility index (Phi) is 9.26. The molecule has 7 nitrogen and oxygen atoms in total. The highest BCUT2D eigenvalue weighted by Gasteiger charge is 2.34. The van der Waals surface area contributed by atoms with Crippen LogP contribution in [-0.4, -0.2) is 28.8 Å². The van der Waals surface area contributed by atoms with E-state index in [1.165, 1.54) is 16.9 Å². The molecule has 3 aromatic carbocycles. The van der Waals surface area contributed by atoms with Crippen LogP contribution in [0.1, 0.15) is 49.4 Å². The van der Waals surface area contributed by atoms with Gasteiger partial charge >= 0.3 is 5.97 Å². The van der Waals surface area contributed by atoms with Gasteiger partial charge in [0.25, 0.3) is 5.56 Å². The van der Waals surface area contributed by atoms with Crippen molar-refractivity contribution in [3.63, 3.8) is 0 Å². The summed E-state index contributed by atoms with van der Waals surface area (Å²) < 4.78 is 17.1. The molecule has 0 spiro atoms. The standard InChI is InChI=1S/C35H31Br2N3O4S/c1-4-8-27-31(34(42)44-5-2)32(22-13-16-29(43-3)26(37)17-22)40-33(41)30(45-35(40)38-27)18-23-20-39(28-10-7-6-9-25(23)28)19-21-11-14-24(36)15-12-21/h6-7,9-18,20,32H,4-5,8,19H2,1-3H3/b30-18+/t32-/m0/s1. The Bertz CT molecular complexity index is 2130. The Labute approximate surface area is 281 Å². The fourth-order valence-electron chi connectivity index (χ4n) is 5.74. The SMILES string of the molecule is CCCC1=C(C(=O)OCC)[C@H](c2ccc(OC)c(Br)c2)n2c(s/c(=C/c3cn(Cc4ccc(Br)cc4)c4ccccc34)c2=O)=N1. The van der Waals surface area contributed by atoms with Crippen molar-refractivity contribution in [1.29, 1.82) is 0 Å². The zero-order chi connectivity index (χ0) is 31.7. The average molecular weight is 750 g/mol. The van der Waals surface area contributed by atoms with E-state index in [0.29, 0.717) is 39.3 Å². The number of fused-ring (bicyclic) bond motifs is 2. The molecular weight excluding hydrogens is 718 g/mol. The molecule has 230 valence electrons. The van der Waals surface area contributed by atoms with Gasteiger partial charge in [-0.05, 0) is 76.8 Å². The Morgan fingerprint density at radius 3 is 2.56 bits per heavy atom. The van der Waals surface area contributed by atoms with E-state index in [9.17, 15) is 9.59 Å². The Morgan fingerprint density at radius 2 is 1.84 bits per heavy atom. The number of para-hydroxylation sites is 1. The fourth-order valence-corrected chi connectivity index (χ4v) is 7.57. The van der Waals surface area contributed by atoms with Gasteiger partial charge in [0.2, 0.25) is 0 Å². The summed E-state index contributed by atoms with van der Waals surface area (Å²) in [6.45, 7) is 4.73. The summed E-state index contributed by atoms with van der Waals surface area (Å²) in [4.78, 5) is 33.3. The molecule has 0 fully saturated rings. The molecule has 0 bridgehead atoms. The number of allylic oxidation sites excluding steroid dienone is 1. The molecule has 0 saturated heterocycles. The summed E-state index contributed by atoms with van der Waals surface area (Å²) in [6, 6.07) is 21.4. The minimum absolute atomic E-state index is 0.210. The van der Waals surface area contributed by atoms with Gasteiger partial charge in [0.15, 0.2) is 4.80 Å². The van der Waals surface area contributed by atoms with Crippen molar-refractivity contribution in [3.05, 3.63) is 130 Å². The van der Waals surface area contributed by atoms with Crippen molar-refractivity contribution in [2.45, 2.75) is 39.3 Å². The number of hydrogen-bond acceptors (Lipinski definition) is 6. The van der Waals surface area contributed by atoms with Gasteiger partial charge in [-0.1, -0.05) is 77.0 Å². The zero-order valence-electron chi connectivity index (χ0n) is 25.1. The molecule has 1 aliphatic rings. The highest BCUT2D eigenvalue weighted by atomic mass is 79.9. The van der Waals surface area contributed by atoms with Crippen LogP contribution in [0, 0.1) is 0 Å². The highest BCUT2D eigenvalue weighted by Crippen LogP contribution is 2.36. The van der Waals surface area contributed by atoms with Crippen molar-refractivity contribution in [1.82, 2.24) is 9.13 Å². The number of ether oxygens (including phenoxy) is 2. The van der Waals surface area contributed by atoms with Gasteiger partial charge < -0.3 is 14.0 Å². The normalized spacial score (nSPS) is 14.9. The van der Waals surface area contributed by atoms with Gasteiger partial charge in [0, 0.05) is 33.7 Å². The highest BCUT2D eigenvalue weighted by molar-refractivity contribution is 9.10. The summed E-state index contributed by atoms with van der Waals surface area (Å²) in [7, 11) is 1.60. The molecule has 6 rings (SSSR count). The van der Waals surface area contributed by atoms with E-state index >= 15 is 0 Å². The third-order valence-corrected chi connectivity index (χ3v) is 9.89. The quantitative estimate of drug-likeness (QED) is 0.151. The van der Waals surface area contributed by atoms with Gasteiger partial charge in [-0.15, -0.1) is 0 Å². The first-order valence-corrected chi connectivity index (χ1v) is 17.1. The van der Waals surface area contributed by atoms with E-state index in [-0.39, 0.29) is 12.2 Å². The predicted octanol–water partition coefficient (Wildman–Crippen LogP) is 7.12. The van der Waals surface area contributed by atoms with Crippen molar-refractivity contribution < 1.29 is 14.3 Å². The lowest BCUT2D eigenvalue weighted by atomic mass is 9.94. The van der Waals surface area contributed by atoms with E-state index in [1.54, 1.807) is 18.6 Å². The lowest BCUT2D eigenvalue weighted by Crippen LogP contribution is -2.40. The lowest BCUT2D eigenvalue weighted by Gasteiger charge is -2.26. The molecule has 0 saturated carbocycles. The second-order valence-corrected chi connectivity index (χ2v) is 13.4. The van der Waals surface area contributed by atoms with E-state index in [4.69, 9.17) is 14.5 Å². The molecule has 2 aromatic heterocycles. The fraction of sp³-hybridized carbons (Fsp3) is 0.229. The maximum absolute atomic E-state index is 14.3. The number of carbonyl (C=O) groups excluding carboxylic acids is 1. The molecule has 0 aliphatic carbocycles. The van der Waals surface area contributed by atoms with Crippen LogP contribution >= 0.6 is 43.2 Å². The molecule has 5 aromatic rings. The van der Waals surface area contributed by atoms with Crippen molar-refractivity contribution in [2.75, 3.05) is 13.7 Å². The van der Waals surface area contributed by atoms with Crippen molar-refractivity contribution in [2.24, 2.45) is 4.99 Å². The zero-order valence-corrected chi connectivity index (χ0v) is 29.0. The molecule has 0 unspecified atom stereocenters. The maximum atomic E-state index is 14.3. The topological polar surface area (TPSA) is 74.8 Å². The summed E-state index contributed by atoms with van der Waals surface area (Å²) >= 11 is 8.45. The number of methoxy groups -OCH3 is 1. The summed E-state index contributed by atoms with van der Waals surface area (Å²) in [5.41, 5.74) is 4.77. The van der Waals surface area contributed by atoms with Crippen LogP contribution in [0.25, 0.3) is 17.0 Å². The number of halogens is 2. The first kappa shape index (κ1) is 31.3. The molecule has 45 heavy (non-hydrogen) atoms. The number of thiazole rings is 1. The second kappa shape index (κ2) is 13.3. The van der Waals surface area contributed by atoms with Crippen LogP contribution in [0.3, 0.4) is 0 Å². The van der Waals surface area contributed by atoms with Gasteiger partial charge in [-0.2, -0.15) is 0 Å². The predicted molar refractivity (Wildman–Crippen MR) is 186 cm³/mol. The minimum Gasteiger partial charge on any atom is -0.496 e. The Morgan fingerprint density at radius 1 is 1.07 bits per heavy atom. The lowest BCUT2D eigenvalue weighted by molar-refractivity contribution is -0.139. The van der Waals surface area contributed by atoms with Crippen molar-refractivity contribution in [3.8, 4) is 5.75 Å². The number of nitrogens with zero attached hydrogens (tertiary/aromatic N) is 3. The summed E-state index contributed by atoms with van der Waals surface area (Å²) in [5, 5.41) is 1.05. The largest absolute Gasteiger partial charge is 0.496 e. The molecule has 1 atom stereocenters. The molecule has 1 aliphatic heterocycles. The van der Waals surface area contributed by atoms with Crippen LogP contribution in [-0.2, 0) is 16.1 Å². The molecule has 0 radical (unpaired) electrons. The number of carbonyl (C=O) groups is 1. The third kappa shape index (κ3) is 6.11. The first-order valence-electron chi connectivity index (χ1n) is 14.7. The van der Waals surface area contributed by atoms with Crippen LogP contribution < -0.4 is 19.6 Å². The van der Waals surface area contributed by atoms with Crippen molar-refractivity contribution >= 4 is 66.1 Å². The van der Waals surface area contributed by atoms with Gasteiger partial charge in [-0.25, -0.2) is 9.79 Å². The van der Waals surface area contributed by atoms with E-state index in [1.807, 2.05) is 55.5 Å². The summed E-state index contributed by atoms with van der Waals surface area (Å²) in [6.07, 6.45) is 5.40. The van der Waals surface area contributed by atoms with Crippen LogP contribution in [0.5, 0.6) is 5.75 Å². The monoisotopic (exact) mass is 747 g/mol. The average Bonchev–Trinajstić information content (AvgIpc) is 3.54. The Balaban J connectivity index is 1.54. The molecule has 3 heterocycles. The minimum atomic E-state index is -0.704. The van der Waals surface area contributed by atoms with Gasteiger partial charge in [0.05, 0.1) is 40.0 Å². The number of aromatic nitrogens is 2.